The number of hydrogen-bond donors (Lipinski definition) is 2. The van der Waals surface area contributed by atoms with Crippen molar-refractivity contribution in [1.29, 1.82) is 0 Å². The molecular formula is C26H37NO3. The van der Waals surface area contributed by atoms with Crippen LogP contribution in [0.25, 0.3) is 0 Å². The Labute approximate surface area is 181 Å². The molecule has 0 aliphatic carbocycles. The Bertz CT molecular complexity index is 685. The number of carboxylic acid groups (broad SMARTS) is 1. The van der Waals surface area contributed by atoms with Crippen LogP contribution in [0.3, 0.4) is 0 Å². The molecule has 0 atom stereocenters. The van der Waals surface area contributed by atoms with Gasteiger partial charge >= 0.3 is 5.97 Å². The molecule has 4 heteroatoms. The molecule has 0 aliphatic heterocycles. The summed E-state index contributed by atoms with van der Waals surface area (Å²) in [5.41, 5.74) is 2.74. The van der Waals surface area contributed by atoms with E-state index in [-0.39, 0.29) is 6.42 Å². The summed E-state index contributed by atoms with van der Waals surface area (Å²) in [6.45, 7) is 2.17. The van der Waals surface area contributed by atoms with E-state index in [1.807, 2.05) is 0 Å². The van der Waals surface area contributed by atoms with Gasteiger partial charge in [-0.25, -0.2) is 0 Å². The maximum atomic E-state index is 10.4. The normalized spacial score (nSPS) is 10.8. The third-order valence-corrected chi connectivity index (χ3v) is 5.23. The van der Waals surface area contributed by atoms with Crippen molar-refractivity contribution in [3.63, 3.8) is 0 Å². The Balaban J connectivity index is 1.42. The Morgan fingerprint density at radius 3 is 2.10 bits per heavy atom. The molecule has 0 unspecified atom stereocenters. The van der Waals surface area contributed by atoms with Crippen LogP contribution >= 0.6 is 0 Å². The molecule has 0 saturated carbocycles. The minimum absolute atomic E-state index is 0.181. The van der Waals surface area contributed by atoms with E-state index in [9.17, 15) is 4.79 Å². The van der Waals surface area contributed by atoms with Crippen LogP contribution in [0.1, 0.15) is 62.5 Å². The second-order valence-electron chi connectivity index (χ2n) is 7.85. The Morgan fingerprint density at radius 2 is 1.37 bits per heavy atom. The summed E-state index contributed by atoms with van der Waals surface area (Å²) >= 11 is 0. The molecule has 0 radical (unpaired) electrons. The summed E-state index contributed by atoms with van der Waals surface area (Å²) in [4.78, 5) is 10.4. The van der Waals surface area contributed by atoms with Gasteiger partial charge in [0.15, 0.2) is 0 Å². The molecule has 30 heavy (non-hydrogen) atoms. The van der Waals surface area contributed by atoms with Crippen molar-refractivity contribution in [2.75, 3.05) is 19.7 Å². The van der Waals surface area contributed by atoms with Gasteiger partial charge < -0.3 is 15.2 Å². The van der Waals surface area contributed by atoms with E-state index >= 15 is 0 Å². The largest absolute Gasteiger partial charge is 0.494 e. The predicted octanol–water partition coefficient (Wildman–Crippen LogP) is 5.65. The lowest BCUT2D eigenvalue weighted by molar-refractivity contribution is -0.136. The summed E-state index contributed by atoms with van der Waals surface area (Å²) < 4.78 is 5.86. The molecule has 0 spiro atoms. The zero-order valence-corrected chi connectivity index (χ0v) is 18.2. The van der Waals surface area contributed by atoms with Crippen LogP contribution in [0.2, 0.25) is 0 Å². The summed E-state index contributed by atoms with van der Waals surface area (Å²) in [7, 11) is 0. The van der Waals surface area contributed by atoms with Crippen LogP contribution in [-0.4, -0.2) is 30.8 Å². The lowest BCUT2D eigenvalue weighted by atomic mass is 10.1. The average Bonchev–Trinajstić information content (AvgIpc) is 2.76. The molecule has 2 aromatic rings. The highest BCUT2D eigenvalue weighted by molar-refractivity contribution is 5.66. The maximum absolute atomic E-state index is 10.4. The molecule has 0 fully saturated rings. The maximum Gasteiger partial charge on any atom is 0.304 e. The van der Waals surface area contributed by atoms with Gasteiger partial charge in [0.05, 0.1) is 13.0 Å². The van der Waals surface area contributed by atoms with E-state index in [1.54, 1.807) is 0 Å². The van der Waals surface area contributed by atoms with Crippen molar-refractivity contribution in [3.05, 3.63) is 65.7 Å². The lowest BCUT2D eigenvalue weighted by Crippen LogP contribution is -2.19. The number of unbranched alkanes of at least 4 members (excludes halogenated alkanes) is 5. The molecule has 0 heterocycles. The number of benzene rings is 2. The molecule has 2 aromatic carbocycles. The van der Waals surface area contributed by atoms with Crippen LogP contribution in [0, 0.1) is 0 Å². The van der Waals surface area contributed by atoms with Crippen molar-refractivity contribution < 1.29 is 14.6 Å². The first kappa shape index (κ1) is 23.9. The van der Waals surface area contributed by atoms with Gasteiger partial charge in [-0.1, -0.05) is 68.1 Å². The first-order valence-electron chi connectivity index (χ1n) is 11.4. The first-order chi connectivity index (χ1) is 14.7. The smallest absolute Gasteiger partial charge is 0.304 e. The highest BCUT2D eigenvalue weighted by Crippen LogP contribution is 2.15. The van der Waals surface area contributed by atoms with Crippen molar-refractivity contribution in [1.82, 2.24) is 5.32 Å². The predicted molar refractivity (Wildman–Crippen MR) is 123 cm³/mol. The monoisotopic (exact) mass is 411 g/mol. The first-order valence-corrected chi connectivity index (χ1v) is 11.4. The molecule has 4 nitrogen and oxygen atoms in total. The van der Waals surface area contributed by atoms with Gasteiger partial charge in [-0.05, 0) is 61.9 Å². The van der Waals surface area contributed by atoms with E-state index < -0.39 is 5.97 Å². The highest BCUT2D eigenvalue weighted by Gasteiger charge is 1.99. The Kier molecular flexibility index (Phi) is 12.4. The van der Waals surface area contributed by atoms with Crippen LogP contribution in [0.15, 0.2) is 54.6 Å². The molecule has 164 valence electrons. The summed E-state index contributed by atoms with van der Waals surface area (Å²) in [6, 6.07) is 19.1. The molecule has 0 aliphatic rings. The molecule has 0 amide bonds. The van der Waals surface area contributed by atoms with Crippen LogP contribution in [0.5, 0.6) is 5.75 Å². The molecule has 2 rings (SSSR count). The number of hydrogen-bond acceptors (Lipinski definition) is 3. The summed E-state index contributed by atoms with van der Waals surface area (Å²) in [6.07, 6.45) is 10.9. The number of nitrogens with one attached hydrogen (secondary N) is 1. The van der Waals surface area contributed by atoms with Gasteiger partial charge in [-0.15, -0.1) is 0 Å². The van der Waals surface area contributed by atoms with E-state index in [2.05, 4.69) is 59.9 Å². The Hall–Kier alpha value is -2.33. The zero-order valence-electron chi connectivity index (χ0n) is 18.2. The number of aryl methyl sites for hydroxylation is 2. The van der Waals surface area contributed by atoms with E-state index in [0.29, 0.717) is 6.54 Å². The SMILES string of the molecule is O=C(O)CCNCCCc1ccc(OCCCCCCCCc2ccccc2)cc1. The van der Waals surface area contributed by atoms with Gasteiger partial charge in [-0.2, -0.15) is 0 Å². The second kappa shape index (κ2) is 15.5. The summed E-state index contributed by atoms with van der Waals surface area (Å²) in [5, 5.41) is 11.7. The van der Waals surface area contributed by atoms with Gasteiger partial charge in [0.1, 0.15) is 5.75 Å². The lowest BCUT2D eigenvalue weighted by Gasteiger charge is -2.08. The minimum Gasteiger partial charge on any atom is -0.494 e. The van der Waals surface area contributed by atoms with Crippen LogP contribution in [-0.2, 0) is 17.6 Å². The van der Waals surface area contributed by atoms with Crippen molar-refractivity contribution in [2.45, 2.75) is 64.2 Å². The van der Waals surface area contributed by atoms with Crippen molar-refractivity contribution in [3.8, 4) is 5.75 Å². The van der Waals surface area contributed by atoms with Crippen molar-refractivity contribution >= 4 is 5.97 Å². The minimum atomic E-state index is -0.753. The van der Waals surface area contributed by atoms with Gasteiger partial charge in [-0.3, -0.25) is 4.79 Å². The number of carbonyl (C=O) groups is 1. The summed E-state index contributed by atoms with van der Waals surface area (Å²) in [5.74, 6) is 0.193. The van der Waals surface area contributed by atoms with E-state index in [4.69, 9.17) is 9.84 Å². The molecule has 0 bridgehead atoms. The van der Waals surface area contributed by atoms with Crippen LogP contribution < -0.4 is 10.1 Å². The Morgan fingerprint density at radius 1 is 0.733 bits per heavy atom. The topological polar surface area (TPSA) is 58.6 Å². The molecule has 2 N–H and O–H groups in total. The molecular weight excluding hydrogens is 374 g/mol. The fourth-order valence-corrected chi connectivity index (χ4v) is 3.46. The van der Waals surface area contributed by atoms with E-state index in [1.165, 1.54) is 49.7 Å². The molecule has 0 aromatic heterocycles. The second-order valence-corrected chi connectivity index (χ2v) is 7.85. The van der Waals surface area contributed by atoms with Crippen molar-refractivity contribution in [2.24, 2.45) is 0 Å². The van der Waals surface area contributed by atoms with Gasteiger partial charge in [0, 0.05) is 6.54 Å². The number of aliphatic carboxylic acids is 1. The third kappa shape index (κ3) is 11.6. The fourth-order valence-electron chi connectivity index (χ4n) is 3.46. The molecule has 0 saturated heterocycles. The van der Waals surface area contributed by atoms with Gasteiger partial charge in [0.2, 0.25) is 0 Å². The number of ether oxygens (including phenoxy) is 1. The third-order valence-electron chi connectivity index (χ3n) is 5.23. The number of rotatable bonds is 17. The quantitative estimate of drug-likeness (QED) is 0.331. The van der Waals surface area contributed by atoms with Crippen LogP contribution in [0.4, 0.5) is 0 Å². The standard InChI is InChI=1S/C26H37NO3/c28-26(29)19-21-27-20-10-14-24-15-17-25(18-16-24)30-22-9-4-2-1-3-6-11-23-12-7-5-8-13-23/h5,7-8,12-13,15-18,27H,1-4,6,9-11,14,19-22H2,(H,28,29). The van der Waals surface area contributed by atoms with Gasteiger partial charge in [0.25, 0.3) is 0 Å². The highest BCUT2D eigenvalue weighted by atomic mass is 16.5. The number of carboxylic acids is 1. The van der Waals surface area contributed by atoms with E-state index in [0.717, 1.165) is 38.2 Å². The zero-order chi connectivity index (χ0) is 21.3. The average molecular weight is 412 g/mol. The fraction of sp³-hybridized carbons (Fsp3) is 0.500.